The van der Waals surface area contributed by atoms with Crippen molar-refractivity contribution in [3.63, 3.8) is 0 Å². The topological polar surface area (TPSA) is 53.2 Å². The van der Waals surface area contributed by atoms with Gasteiger partial charge in [0, 0.05) is 0 Å². The van der Waals surface area contributed by atoms with Crippen LogP contribution in [0.2, 0.25) is 0 Å². The van der Waals surface area contributed by atoms with Crippen molar-refractivity contribution < 1.29 is 9.84 Å². The normalized spacial score (nSPS) is 20.0. The number of hydrogen-bond acceptors (Lipinski definition) is 3. The summed E-state index contributed by atoms with van der Waals surface area (Å²) in [6.07, 6.45) is 1.93. The van der Waals surface area contributed by atoms with Gasteiger partial charge in [0.25, 0.3) is 0 Å². The molecule has 0 saturated heterocycles. The zero-order chi connectivity index (χ0) is 7.40. The van der Waals surface area contributed by atoms with Crippen LogP contribution in [0.15, 0.2) is 0 Å². The number of aliphatic hydroxyl groups excluding tert-OH is 1. The lowest BCUT2D eigenvalue weighted by atomic mass is 10.2. The highest BCUT2D eigenvalue weighted by molar-refractivity contribution is 4.96. The van der Waals surface area contributed by atoms with Crippen molar-refractivity contribution >= 4 is 0 Å². The van der Waals surface area contributed by atoms with Gasteiger partial charge in [-0.15, -0.1) is 0 Å². The van der Waals surface area contributed by atoms with Crippen molar-refractivity contribution in [2.45, 2.75) is 18.9 Å². The predicted molar refractivity (Wildman–Crippen MR) is 35.2 cm³/mol. The first kappa shape index (κ1) is 7.52. The molecule has 56 valence electrons. The van der Waals surface area contributed by atoms with Crippen molar-refractivity contribution in [2.75, 3.05) is 13.2 Å². The third kappa shape index (κ3) is 1.98. The molecule has 3 nitrogen and oxygen atoms in total. The van der Waals surface area contributed by atoms with Crippen LogP contribution < -0.4 is 0 Å². The minimum Gasteiger partial charge on any atom is -0.394 e. The van der Waals surface area contributed by atoms with Gasteiger partial charge in [0.05, 0.1) is 19.3 Å². The first-order valence-electron chi connectivity index (χ1n) is 3.50. The third-order valence-corrected chi connectivity index (χ3v) is 1.57. The summed E-state index contributed by atoms with van der Waals surface area (Å²) in [7, 11) is 0. The third-order valence-electron chi connectivity index (χ3n) is 1.57. The van der Waals surface area contributed by atoms with Crippen LogP contribution >= 0.6 is 0 Å². The smallest absolute Gasteiger partial charge is 0.146 e. The zero-order valence-electron chi connectivity index (χ0n) is 5.79. The van der Waals surface area contributed by atoms with E-state index in [4.69, 9.17) is 15.1 Å². The number of rotatable bonds is 4. The molecule has 1 fully saturated rings. The van der Waals surface area contributed by atoms with Gasteiger partial charge in [-0.05, 0) is 18.8 Å². The van der Waals surface area contributed by atoms with E-state index >= 15 is 0 Å². The van der Waals surface area contributed by atoms with Crippen molar-refractivity contribution in [1.29, 1.82) is 5.26 Å². The average Bonchev–Trinajstić information content (AvgIpc) is 2.73. The average molecular weight is 141 g/mol. The number of aliphatic hydroxyl groups is 1. The molecule has 0 aliphatic heterocycles. The number of nitrogens with zero attached hydrogens (tertiary/aromatic N) is 1. The van der Waals surface area contributed by atoms with Crippen LogP contribution in [0.5, 0.6) is 0 Å². The number of hydrogen-bond donors (Lipinski definition) is 1. The quantitative estimate of drug-likeness (QED) is 0.612. The summed E-state index contributed by atoms with van der Waals surface area (Å²) in [6, 6.07) is 2.07. The maximum Gasteiger partial charge on any atom is 0.146 e. The Morgan fingerprint density at radius 2 is 2.40 bits per heavy atom. The predicted octanol–water partition coefficient (Wildman–Crippen LogP) is 0.297. The van der Waals surface area contributed by atoms with E-state index in [0.29, 0.717) is 5.92 Å². The lowest BCUT2D eigenvalue weighted by molar-refractivity contribution is 0.0474. The molecular formula is C7H11NO2. The maximum atomic E-state index is 8.51. The fourth-order valence-corrected chi connectivity index (χ4v) is 0.857. The van der Waals surface area contributed by atoms with Crippen LogP contribution in [0.4, 0.5) is 0 Å². The van der Waals surface area contributed by atoms with Gasteiger partial charge < -0.3 is 9.84 Å². The molecule has 0 aromatic carbocycles. The second kappa shape index (κ2) is 3.55. The highest BCUT2D eigenvalue weighted by Gasteiger charge is 2.31. The summed E-state index contributed by atoms with van der Waals surface area (Å²) < 4.78 is 5.05. The molecule has 0 radical (unpaired) electrons. The van der Waals surface area contributed by atoms with Crippen molar-refractivity contribution in [1.82, 2.24) is 0 Å². The Bertz CT molecular complexity index is 137. The Hall–Kier alpha value is -0.590. The van der Waals surface area contributed by atoms with Gasteiger partial charge in [-0.1, -0.05) is 0 Å². The Morgan fingerprint density at radius 1 is 1.70 bits per heavy atom. The van der Waals surface area contributed by atoms with Crippen molar-refractivity contribution in [2.24, 2.45) is 5.92 Å². The van der Waals surface area contributed by atoms with Gasteiger partial charge >= 0.3 is 0 Å². The molecular weight excluding hydrogens is 130 g/mol. The highest BCUT2D eigenvalue weighted by Crippen LogP contribution is 2.33. The molecule has 1 N–H and O–H groups in total. The van der Waals surface area contributed by atoms with E-state index < -0.39 is 0 Å². The first-order chi connectivity index (χ1) is 4.88. The number of ether oxygens (including phenoxy) is 1. The molecule has 0 amide bonds. The maximum absolute atomic E-state index is 8.51. The molecule has 0 aromatic rings. The van der Waals surface area contributed by atoms with Crippen LogP contribution in [0.1, 0.15) is 12.8 Å². The Balaban J connectivity index is 2.15. The lowest BCUT2D eigenvalue weighted by Crippen LogP contribution is -2.15. The molecule has 1 unspecified atom stereocenters. The van der Waals surface area contributed by atoms with Crippen LogP contribution in [0, 0.1) is 17.2 Å². The summed E-state index contributed by atoms with van der Waals surface area (Å²) in [4.78, 5) is 0. The van der Waals surface area contributed by atoms with Gasteiger partial charge in [0.15, 0.2) is 0 Å². The van der Waals surface area contributed by atoms with E-state index in [0.717, 1.165) is 12.8 Å². The molecule has 0 spiro atoms. The van der Waals surface area contributed by atoms with Crippen molar-refractivity contribution in [3.8, 4) is 6.07 Å². The minimum atomic E-state index is -0.271. The van der Waals surface area contributed by atoms with Crippen LogP contribution in [-0.2, 0) is 4.74 Å². The molecule has 10 heavy (non-hydrogen) atoms. The largest absolute Gasteiger partial charge is 0.394 e. The molecule has 1 aliphatic rings. The van der Waals surface area contributed by atoms with E-state index in [9.17, 15) is 0 Å². The molecule has 1 saturated carbocycles. The van der Waals surface area contributed by atoms with Crippen molar-refractivity contribution in [3.05, 3.63) is 0 Å². The first-order valence-corrected chi connectivity index (χ1v) is 3.50. The molecule has 3 heteroatoms. The van der Waals surface area contributed by atoms with Gasteiger partial charge in [0.2, 0.25) is 0 Å². The van der Waals surface area contributed by atoms with E-state index in [1.807, 2.05) is 0 Å². The van der Waals surface area contributed by atoms with Gasteiger partial charge in [-0.25, -0.2) is 0 Å². The van der Waals surface area contributed by atoms with E-state index in [1.165, 1.54) is 0 Å². The van der Waals surface area contributed by atoms with Crippen LogP contribution in [0.3, 0.4) is 0 Å². The Morgan fingerprint density at radius 3 is 2.80 bits per heavy atom. The fraction of sp³-hybridized carbons (Fsp3) is 0.857. The Kier molecular flexibility index (Phi) is 2.67. The molecule has 0 aromatic heterocycles. The summed E-state index contributed by atoms with van der Waals surface area (Å²) in [6.45, 7) is 0.291. The lowest BCUT2D eigenvalue weighted by Gasteiger charge is -2.06. The fourth-order valence-electron chi connectivity index (χ4n) is 0.857. The molecule has 0 bridgehead atoms. The van der Waals surface area contributed by atoms with E-state index in [2.05, 4.69) is 6.07 Å². The highest BCUT2D eigenvalue weighted by atomic mass is 16.5. The van der Waals surface area contributed by atoms with Gasteiger partial charge in [-0.2, -0.15) is 5.26 Å². The SMILES string of the molecule is N#CC(OCCO)C1CC1. The summed E-state index contributed by atoms with van der Waals surface area (Å²) in [5, 5.41) is 16.9. The molecule has 0 heterocycles. The monoisotopic (exact) mass is 141 g/mol. The van der Waals surface area contributed by atoms with Crippen LogP contribution in [0.25, 0.3) is 0 Å². The summed E-state index contributed by atoms with van der Waals surface area (Å²) in [5.41, 5.74) is 0. The molecule has 1 aliphatic carbocycles. The van der Waals surface area contributed by atoms with E-state index in [1.54, 1.807) is 0 Å². The standard InChI is InChI=1S/C7H11NO2/c8-5-7(6-1-2-6)10-4-3-9/h6-7,9H,1-4H2. The molecule has 1 rings (SSSR count). The Labute approximate surface area is 60.2 Å². The van der Waals surface area contributed by atoms with E-state index in [-0.39, 0.29) is 19.3 Å². The number of nitriles is 1. The summed E-state index contributed by atoms with van der Waals surface area (Å²) in [5.74, 6) is 0.441. The minimum absolute atomic E-state index is 0.00486. The second-order valence-electron chi connectivity index (χ2n) is 2.48. The second-order valence-corrected chi connectivity index (χ2v) is 2.48. The van der Waals surface area contributed by atoms with Gasteiger partial charge in [-0.3, -0.25) is 0 Å². The zero-order valence-corrected chi connectivity index (χ0v) is 5.79. The summed E-state index contributed by atoms with van der Waals surface area (Å²) >= 11 is 0. The van der Waals surface area contributed by atoms with Gasteiger partial charge in [0.1, 0.15) is 6.10 Å². The van der Waals surface area contributed by atoms with Crippen LogP contribution in [-0.4, -0.2) is 24.4 Å². The molecule has 1 atom stereocenters.